The van der Waals surface area contributed by atoms with Gasteiger partial charge >= 0.3 is 12.3 Å². The number of benzene rings is 1. The number of amides is 1. The number of hydroxylamine groups is 1. The minimum absolute atomic E-state index is 0.131. The highest BCUT2D eigenvalue weighted by Gasteiger charge is 2.29. The third-order valence-corrected chi connectivity index (χ3v) is 1.93. The lowest BCUT2D eigenvalue weighted by Crippen LogP contribution is -2.27. The van der Waals surface area contributed by atoms with Crippen molar-refractivity contribution >= 4 is 6.09 Å². The Morgan fingerprint density at radius 1 is 1.29 bits per heavy atom. The van der Waals surface area contributed by atoms with Crippen LogP contribution in [-0.4, -0.2) is 13.1 Å². The number of nitrogens with one attached hydrogen (secondary N) is 2. The molecule has 0 aliphatic heterocycles. The van der Waals surface area contributed by atoms with Crippen LogP contribution >= 0.6 is 0 Å². The number of carbonyl (C=O) groups excluding carboxylic acids is 1. The number of rotatable bonds is 3. The molecule has 2 N–H and O–H groups in total. The van der Waals surface area contributed by atoms with E-state index in [-0.39, 0.29) is 6.54 Å². The average molecular weight is 248 g/mol. The summed E-state index contributed by atoms with van der Waals surface area (Å²) in [6, 6.07) is 4.56. The van der Waals surface area contributed by atoms with Crippen molar-refractivity contribution in [2.75, 3.05) is 7.05 Å². The largest absolute Gasteiger partial charge is 0.425 e. The SMILES string of the molecule is CNC(=O)ONCc1ccc(C(F)(F)F)cc1. The van der Waals surface area contributed by atoms with E-state index in [1.54, 1.807) is 0 Å². The Hall–Kier alpha value is -1.76. The van der Waals surface area contributed by atoms with Gasteiger partial charge in [0.05, 0.1) is 12.1 Å². The van der Waals surface area contributed by atoms with Gasteiger partial charge < -0.3 is 10.2 Å². The van der Waals surface area contributed by atoms with Gasteiger partial charge in [0.15, 0.2) is 0 Å². The summed E-state index contributed by atoms with van der Waals surface area (Å²) in [6.07, 6.45) is -5.01. The van der Waals surface area contributed by atoms with E-state index in [1.165, 1.54) is 19.2 Å². The van der Waals surface area contributed by atoms with Crippen LogP contribution < -0.4 is 10.8 Å². The van der Waals surface area contributed by atoms with Crippen molar-refractivity contribution in [3.05, 3.63) is 35.4 Å². The molecule has 0 saturated heterocycles. The van der Waals surface area contributed by atoms with Gasteiger partial charge in [-0.2, -0.15) is 13.2 Å². The number of carbonyl (C=O) groups is 1. The van der Waals surface area contributed by atoms with Crippen molar-refractivity contribution in [3.63, 3.8) is 0 Å². The lowest BCUT2D eigenvalue weighted by atomic mass is 10.1. The molecule has 1 rings (SSSR count). The minimum atomic E-state index is -4.34. The lowest BCUT2D eigenvalue weighted by molar-refractivity contribution is -0.137. The third-order valence-electron chi connectivity index (χ3n) is 1.93. The molecule has 17 heavy (non-hydrogen) atoms. The fraction of sp³-hybridized carbons (Fsp3) is 0.300. The predicted molar refractivity (Wildman–Crippen MR) is 53.8 cm³/mol. The lowest BCUT2D eigenvalue weighted by Gasteiger charge is -2.08. The van der Waals surface area contributed by atoms with E-state index in [0.29, 0.717) is 5.56 Å². The molecule has 0 atom stereocenters. The van der Waals surface area contributed by atoms with Crippen LogP contribution in [0.2, 0.25) is 0 Å². The second-order valence-corrected chi connectivity index (χ2v) is 3.16. The first-order chi connectivity index (χ1) is 7.93. The molecule has 0 heterocycles. The maximum atomic E-state index is 12.2. The Bertz CT molecular complexity index is 376. The highest BCUT2D eigenvalue weighted by atomic mass is 19.4. The van der Waals surface area contributed by atoms with Gasteiger partial charge in [0.25, 0.3) is 0 Å². The zero-order valence-electron chi connectivity index (χ0n) is 8.97. The zero-order chi connectivity index (χ0) is 12.9. The Morgan fingerprint density at radius 2 is 1.88 bits per heavy atom. The molecule has 4 nitrogen and oxygen atoms in total. The van der Waals surface area contributed by atoms with Crippen LogP contribution in [0.3, 0.4) is 0 Å². The van der Waals surface area contributed by atoms with Crippen molar-refractivity contribution in [2.24, 2.45) is 0 Å². The number of halogens is 3. The molecule has 0 spiro atoms. The molecule has 94 valence electrons. The quantitative estimate of drug-likeness (QED) is 0.805. The van der Waals surface area contributed by atoms with Gasteiger partial charge in [-0.25, -0.2) is 4.79 Å². The van der Waals surface area contributed by atoms with Gasteiger partial charge in [-0.3, -0.25) is 0 Å². The topological polar surface area (TPSA) is 50.4 Å². The maximum Gasteiger partial charge on any atom is 0.425 e. The molecule has 7 heteroatoms. The van der Waals surface area contributed by atoms with Gasteiger partial charge in [-0.05, 0) is 17.7 Å². The summed E-state index contributed by atoms with van der Waals surface area (Å²) in [4.78, 5) is 15.1. The van der Waals surface area contributed by atoms with Crippen LogP contribution in [0.4, 0.5) is 18.0 Å². The first-order valence-electron chi connectivity index (χ1n) is 4.71. The van der Waals surface area contributed by atoms with Crippen LogP contribution in [0.1, 0.15) is 11.1 Å². The van der Waals surface area contributed by atoms with Crippen LogP contribution in [0, 0.1) is 0 Å². The predicted octanol–water partition coefficient (Wildman–Crippen LogP) is 2.07. The molecule has 0 unspecified atom stereocenters. The summed E-state index contributed by atoms with van der Waals surface area (Å²) in [5.41, 5.74) is 2.17. The third kappa shape index (κ3) is 4.31. The summed E-state index contributed by atoms with van der Waals surface area (Å²) in [5, 5.41) is 2.21. The standard InChI is InChI=1S/C10H11F3N2O2/c1-14-9(16)17-15-6-7-2-4-8(5-3-7)10(11,12)13/h2-5,15H,6H2,1H3,(H,14,16). The summed E-state index contributed by atoms with van der Waals surface area (Å²) in [6.45, 7) is 0.131. The summed E-state index contributed by atoms with van der Waals surface area (Å²) in [5.74, 6) is 0. The molecule has 0 fully saturated rings. The molecule has 0 aliphatic rings. The normalized spacial score (nSPS) is 11.1. The minimum Gasteiger partial charge on any atom is -0.354 e. The Kier molecular flexibility index (Phi) is 4.33. The van der Waals surface area contributed by atoms with Crippen LogP contribution in [-0.2, 0) is 17.6 Å². The second kappa shape index (κ2) is 5.53. The molecule has 1 aromatic carbocycles. The maximum absolute atomic E-state index is 12.2. The fourth-order valence-electron chi connectivity index (χ4n) is 1.05. The van der Waals surface area contributed by atoms with Crippen LogP contribution in [0.25, 0.3) is 0 Å². The summed E-state index contributed by atoms with van der Waals surface area (Å²) < 4.78 is 36.7. The molecular formula is C10H11F3N2O2. The first kappa shape index (κ1) is 13.3. The van der Waals surface area contributed by atoms with Gasteiger partial charge in [-0.15, -0.1) is 5.48 Å². The van der Waals surface area contributed by atoms with Crippen LogP contribution in [0.5, 0.6) is 0 Å². The van der Waals surface area contributed by atoms with E-state index < -0.39 is 17.8 Å². The van der Waals surface area contributed by atoms with Crippen molar-refractivity contribution in [1.29, 1.82) is 0 Å². The van der Waals surface area contributed by atoms with Crippen molar-refractivity contribution in [3.8, 4) is 0 Å². The van der Waals surface area contributed by atoms with Crippen molar-refractivity contribution in [2.45, 2.75) is 12.7 Å². The Morgan fingerprint density at radius 3 is 2.35 bits per heavy atom. The summed E-state index contributed by atoms with van der Waals surface area (Å²) >= 11 is 0. The molecule has 0 radical (unpaired) electrons. The molecular weight excluding hydrogens is 237 g/mol. The molecule has 0 aliphatic carbocycles. The van der Waals surface area contributed by atoms with Crippen molar-refractivity contribution in [1.82, 2.24) is 10.8 Å². The molecule has 0 bridgehead atoms. The zero-order valence-corrected chi connectivity index (χ0v) is 8.97. The fourth-order valence-corrected chi connectivity index (χ4v) is 1.05. The smallest absolute Gasteiger partial charge is 0.354 e. The Balaban J connectivity index is 2.49. The number of hydrogen-bond donors (Lipinski definition) is 2. The first-order valence-corrected chi connectivity index (χ1v) is 4.71. The number of hydrogen-bond acceptors (Lipinski definition) is 3. The number of alkyl halides is 3. The van der Waals surface area contributed by atoms with E-state index in [1.807, 2.05) is 0 Å². The van der Waals surface area contributed by atoms with E-state index in [4.69, 9.17) is 0 Å². The van der Waals surface area contributed by atoms with Gasteiger partial charge in [0.1, 0.15) is 0 Å². The average Bonchev–Trinajstić information content (AvgIpc) is 2.28. The monoisotopic (exact) mass is 248 g/mol. The van der Waals surface area contributed by atoms with E-state index in [0.717, 1.165) is 12.1 Å². The molecule has 0 saturated carbocycles. The van der Waals surface area contributed by atoms with E-state index in [9.17, 15) is 18.0 Å². The van der Waals surface area contributed by atoms with Gasteiger partial charge in [0.2, 0.25) is 0 Å². The second-order valence-electron chi connectivity index (χ2n) is 3.16. The molecule has 1 aromatic rings. The summed E-state index contributed by atoms with van der Waals surface area (Å²) in [7, 11) is 1.39. The van der Waals surface area contributed by atoms with E-state index >= 15 is 0 Å². The van der Waals surface area contributed by atoms with Gasteiger partial charge in [0, 0.05) is 7.05 Å². The molecule has 0 aromatic heterocycles. The van der Waals surface area contributed by atoms with Gasteiger partial charge in [-0.1, -0.05) is 12.1 Å². The highest BCUT2D eigenvalue weighted by molar-refractivity contribution is 5.66. The van der Waals surface area contributed by atoms with Crippen LogP contribution in [0.15, 0.2) is 24.3 Å². The van der Waals surface area contributed by atoms with E-state index in [2.05, 4.69) is 15.6 Å². The van der Waals surface area contributed by atoms with Crippen molar-refractivity contribution < 1.29 is 22.8 Å². The molecule has 1 amide bonds. The highest BCUT2D eigenvalue weighted by Crippen LogP contribution is 2.28. The Labute approximate surface area is 95.7 Å².